The Balaban J connectivity index is 1.18. The molecule has 2 aliphatic carbocycles. The third-order valence-corrected chi connectivity index (χ3v) is 9.81. The fourth-order valence-corrected chi connectivity index (χ4v) is 7.24. The van der Waals surface area contributed by atoms with Crippen LogP contribution in [0.4, 0.5) is 11.8 Å². The predicted molar refractivity (Wildman–Crippen MR) is 166 cm³/mol. The van der Waals surface area contributed by atoms with E-state index in [0.717, 1.165) is 61.4 Å². The molecule has 1 heterocycles. The standard InChI is InChI=1S/C32H44N6O2S/c1-23-13-19-28(20-14-23)41(39,40)37-27(21-24-9-5-4-6-10-24)22-33-25-15-17-26(18-16-25)34-32-35-30-12-8-7-11-29(30)31(36-32)38(2)3/h4-6,9-10,13-14,19-20,25-27,33,37H,7-8,11-12,15-18,21-22H2,1-3H3,(H,34,35,36)/t25-,26+,27-/m0/s1. The average molecular weight is 577 g/mol. The van der Waals surface area contributed by atoms with Gasteiger partial charge in [0.2, 0.25) is 16.0 Å². The van der Waals surface area contributed by atoms with Crippen molar-refractivity contribution >= 4 is 21.8 Å². The van der Waals surface area contributed by atoms with Crippen molar-refractivity contribution in [1.29, 1.82) is 0 Å². The minimum atomic E-state index is -3.63. The fraction of sp³-hybridized carbons (Fsp3) is 0.500. The third-order valence-electron chi connectivity index (χ3n) is 8.28. The summed E-state index contributed by atoms with van der Waals surface area (Å²) in [6.45, 7) is 2.53. The van der Waals surface area contributed by atoms with Gasteiger partial charge in [0.05, 0.1) is 10.6 Å². The summed E-state index contributed by atoms with van der Waals surface area (Å²) in [7, 11) is 0.492. The lowest BCUT2D eigenvalue weighted by atomic mass is 9.91. The molecule has 1 saturated carbocycles. The first-order valence-electron chi connectivity index (χ1n) is 15.0. The van der Waals surface area contributed by atoms with Crippen molar-refractivity contribution in [3.8, 4) is 0 Å². The predicted octanol–water partition coefficient (Wildman–Crippen LogP) is 4.63. The summed E-state index contributed by atoms with van der Waals surface area (Å²) in [4.78, 5) is 12.2. The lowest BCUT2D eigenvalue weighted by Gasteiger charge is -2.31. The summed E-state index contributed by atoms with van der Waals surface area (Å²) in [6, 6.07) is 17.5. The molecule has 41 heavy (non-hydrogen) atoms. The molecule has 0 unspecified atom stereocenters. The molecule has 1 aromatic heterocycles. The van der Waals surface area contributed by atoms with E-state index in [1.807, 2.05) is 37.3 Å². The second-order valence-electron chi connectivity index (χ2n) is 11.8. The van der Waals surface area contributed by atoms with Gasteiger partial charge in [0, 0.05) is 44.3 Å². The van der Waals surface area contributed by atoms with Crippen molar-refractivity contribution in [3.63, 3.8) is 0 Å². The molecular formula is C32H44N6O2S. The lowest BCUT2D eigenvalue weighted by Crippen LogP contribution is -2.47. The first-order valence-corrected chi connectivity index (χ1v) is 16.4. The third kappa shape index (κ3) is 7.84. The summed E-state index contributed by atoms with van der Waals surface area (Å²) >= 11 is 0. The van der Waals surface area contributed by atoms with Crippen LogP contribution in [0.5, 0.6) is 0 Å². The van der Waals surface area contributed by atoms with Crippen LogP contribution >= 0.6 is 0 Å². The minimum Gasteiger partial charge on any atom is -0.362 e. The van der Waals surface area contributed by atoms with Gasteiger partial charge in [-0.2, -0.15) is 4.98 Å². The summed E-state index contributed by atoms with van der Waals surface area (Å²) in [5.74, 6) is 1.80. The van der Waals surface area contributed by atoms with Crippen LogP contribution in [-0.4, -0.2) is 57.2 Å². The van der Waals surface area contributed by atoms with Gasteiger partial charge >= 0.3 is 0 Å². The van der Waals surface area contributed by atoms with Crippen LogP contribution in [0.25, 0.3) is 0 Å². The van der Waals surface area contributed by atoms with Gasteiger partial charge in [-0.1, -0.05) is 48.0 Å². The number of rotatable bonds is 11. The Morgan fingerprint density at radius 2 is 1.59 bits per heavy atom. The molecule has 0 aliphatic heterocycles. The van der Waals surface area contributed by atoms with Gasteiger partial charge < -0.3 is 15.5 Å². The smallest absolute Gasteiger partial charge is 0.240 e. The van der Waals surface area contributed by atoms with E-state index in [1.165, 1.54) is 24.1 Å². The second-order valence-corrected chi connectivity index (χ2v) is 13.5. The normalized spacial score (nSPS) is 19.8. The van der Waals surface area contributed by atoms with Crippen molar-refractivity contribution < 1.29 is 8.42 Å². The Hall–Kier alpha value is -3.01. The molecule has 1 atom stereocenters. The number of aromatic nitrogens is 2. The van der Waals surface area contributed by atoms with Crippen molar-refractivity contribution in [1.82, 2.24) is 20.0 Å². The maximum absolute atomic E-state index is 13.2. The number of hydrogen-bond donors (Lipinski definition) is 3. The summed E-state index contributed by atoms with van der Waals surface area (Å²) in [5, 5.41) is 7.31. The second kappa shape index (κ2) is 13.3. The quantitative estimate of drug-likeness (QED) is 0.306. The first kappa shape index (κ1) is 29.5. The largest absolute Gasteiger partial charge is 0.362 e. The van der Waals surface area contributed by atoms with E-state index < -0.39 is 10.0 Å². The molecule has 0 saturated heterocycles. The van der Waals surface area contributed by atoms with Crippen molar-refractivity contribution in [3.05, 3.63) is 77.0 Å². The summed E-state index contributed by atoms with van der Waals surface area (Å²) < 4.78 is 29.4. The van der Waals surface area contributed by atoms with E-state index >= 15 is 0 Å². The SMILES string of the molecule is Cc1ccc(S(=O)(=O)N[C@H](CN[C@H]2CC[C@@H](Nc3nc4c(c(N(C)C)n3)CCCC4)CC2)Cc2ccccc2)cc1. The van der Waals surface area contributed by atoms with Gasteiger partial charge in [0.15, 0.2) is 0 Å². The average Bonchev–Trinajstić information content (AvgIpc) is 2.97. The molecule has 0 spiro atoms. The minimum absolute atomic E-state index is 0.257. The van der Waals surface area contributed by atoms with Crippen molar-refractivity contribution in [2.45, 2.75) is 87.7 Å². The maximum Gasteiger partial charge on any atom is 0.240 e. The van der Waals surface area contributed by atoms with E-state index in [1.54, 1.807) is 12.1 Å². The molecular weight excluding hydrogens is 532 g/mol. The first-order chi connectivity index (χ1) is 19.8. The van der Waals surface area contributed by atoms with Crippen molar-refractivity contribution in [2.24, 2.45) is 0 Å². The molecule has 0 amide bonds. The van der Waals surface area contributed by atoms with Gasteiger partial charge in [-0.05, 0) is 82.4 Å². The number of benzene rings is 2. The molecule has 3 aromatic rings. The molecule has 0 radical (unpaired) electrons. The van der Waals surface area contributed by atoms with Gasteiger partial charge in [-0.3, -0.25) is 0 Å². The highest BCUT2D eigenvalue weighted by atomic mass is 32.2. The topological polar surface area (TPSA) is 99.2 Å². The molecule has 9 heteroatoms. The van der Waals surface area contributed by atoms with Gasteiger partial charge in [0.25, 0.3) is 0 Å². The highest BCUT2D eigenvalue weighted by Crippen LogP contribution is 2.29. The number of fused-ring (bicyclic) bond motifs is 1. The molecule has 220 valence electrons. The molecule has 5 rings (SSSR count). The highest BCUT2D eigenvalue weighted by Gasteiger charge is 2.26. The van der Waals surface area contributed by atoms with Crippen LogP contribution in [0, 0.1) is 6.92 Å². The van der Waals surface area contributed by atoms with Gasteiger partial charge in [-0.15, -0.1) is 0 Å². The molecule has 3 N–H and O–H groups in total. The van der Waals surface area contributed by atoms with E-state index in [2.05, 4.69) is 46.5 Å². The zero-order chi connectivity index (χ0) is 28.8. The van der Waals surface area contributed by atoms with Gasteiger partial charge in [0.1, 0.15) is 5.82 Å². The van der Waals surface area contributed by atoms with E-state index in [4.69, 9.17) is 9.97 Å². The molecule has 2 aromatic carbocycles. The zero-order valence-electron chi connectivity index (χ0n) is 24.6. The Morgan fingerprint density at radius 1 is 0.902 bits per heavy atom. The zero-order valence-corrected chi connectivity index (χ0v) is 25.4. The summed E-state index contributed by atoms with van der Waals surface area (Å²) in [5.41, 5.74) is 4.65. The van der Waals surface area contributed by atoms with Crippen LogP contribution in [0.3, 0.4) is 0 Å². The van der Waals surface area contributed by atoms with E-state index in [0.29, 0.717) is 29.9 Å². The van der Waals surface area contributed by atoms with Crippen molar-refractivity contribution in [2.75, 3.05) is 30.9 Å². The van der Waals surface area contributed by atoms with Crippen LogP contribution in [0.1, 0.15) is 60.9 Å². The number of anilines is 2. The van der Waals surface area contributed by atoms with Crippen LogP contribution in [0.2, 0.25) is 0 Å². The lowest BCUT2D eigenvalue weighted by molar-refractivity contribution is 0.342. The summed E-state index contributed by atoms with van der Waals surface area (Å²) in [6.07, 6.45) is 9.20. The van der Waals surface area contributed by atoms with Crippen LogP contribution in [0.15, 0.2) is 59.5 Å². The highest BCUT2D eigenvalue weighted by molar-refractivity contribution is 7.89. The molecule has 0 bridgehead atoms. The Bertz CT molecular complexity index is 1390. The number of sulfonamides is 1. The monoisotopic (exact) mass is 576 g/mol. The Morgan fingerprint density at radius 3 is 2.29 bits per heavy atom. The molecule has 2 aliphatic rings. The van der Waals surface area contributed by atoms with Crippen LogP contribution in [-0.2, 0) is 29.3 Å². The fourth-order valence-electron chi connectivity index (χ4n) is 6.00. The Kier molecular flexibility index (Phi) is 9.57. The number of nitrogens with one attached hydrogen (secondary N) is 3. The number of hydrogen-bond acceptors (Lipinski definition) is 7. The number of nitrogens with zero attached hydrogens (tertiary/aromatic N) is 3. The van der Waals surface area contributed by atoms with E-state index in [-0.39, 0.29) is 6.04 Å². The molecule has 1 fully saturated rings. The van der Waals surface area contributed by atoms with E-state index in [9.17, 15) is 8.42 Å². The Labute approximate surface area is 245 Å². The maximum atomic E-state index is 13.2. The number of aryl methyl sites for hydroxylation is 2. The van der Waals surface area contributed by atoms with Crippen LogP contribution < -0.4 is 20.3 Å². The van der Waals surface area contributed by atoms with Gasteiger partial charge in [-0.25, -0.2) is 18.1 Å². The molecule has 8 nitrogen and oxygen atoms in total.